The van der Waals surface area contributed by atoms with Crippen molar-refractivity contribution in [2.24, 2.45) is 0 Å². The molecule has 29 heavy (non-hydrogen) atoms. The Morgan fingerprint density at radius 1 is 1.03 bits per heavy atom. The summed E-state index contributed by atoms with van der Waals surface area (Å²) in [5, 5.41) is 8.20. The number of aromatic nitrogens is 2. The fourth-order valence-electron chi connectivity index (χ4n) is 3.46. The summed E-state index contributed by atoms with van der Waals surface area (Å²) in [6, 6.07) is 10.4. The fourth-order valence-corrected chi connectivity index (χ4v) is 3.46. The number of morpholine rings is 1. The van der Waals surface area contributed by atoms with Crippen molar-refractivity contribution in [2.75, 3.05) is 46.4 Å². The normalized spacial score (nSPS) is 14.8. The van der Waals surface area contributed by atoms with Gasteiger partial charge in [0.25, 0.3) is 0 Å². The van der Waals surface area contributed by atoms with E-state index in [-0.39, 0.29) is 5.91 Å². The molecule has 0 spiro atoms. The van der Waals surface area contributed by atoms with E-state index in [0.717, 1.165) is 65.1 Å². The van der Waals surface area contributed by atoms with Crippen LogP contribution in [0, 0.1) is 0 Å². The molecule has 1 amide bonds. The number of hydrogen-bond donors (Lipinski definition) is 0. The molecule has 0 bridgehead atoms. The second-order valence-corrected chi connectivity index (χ2v) is 7.55. The van der Waals surface area contributed by atoms with Gasteiger partial charge in [-0.25, -0.2) is 0 Å². The predicted molar refractivity (Wildman–Crippen MR) is 111 cm³/mol. The van der Waals surface area contributed by atoms with Crippen LogP contribution in [0.25, 0.3) is 0 Å². The summed E-state index contributed by atoms with van der Waals surface area (Å²) in [5.74, 6) is 1.33. The molecule has 158 valence electrons. The van der Waals surface area contributed by atoms with Crippen LogP contribution >= 0.6 is 0 Å². The zero-order chi connectivity index (χ0) is 20.3. The number of rotatable bonds is 11. The summed E-state index contributed by atoms with van der Waals surface area (Å²) in [4.78, 5) is 16.5. The van der Waals surface area contributed by atoms with Crippen LogP contribution in [0.3, 0.4) is 0 Å². The number of carbonyl (C=O) groups excluding carboxylic acids is 1. The van der Waals surface area contributed by atoms with Gasteiger partial charge < -0.3 is 14.1 Å². The Hall–Kier alpha value is -2.25. The van der Waals surface area contributed by atoms with Gasteiger partial charge in [0.15, 0.2) is 0 Å². The van der Waals surface area contributed by atoms with Crippen molar-refractivity contribution in [3.05, 3.63) is 47.7 Å². The molecule has 2 aromatic rings. The molecule has 0 N–H and O–H groups in total. The van der Waals surface area contributed by atoms with Crippen molar-refractivity contribution in [3.8, 4) is 0 Å². The molecular formula is C22H32N4O3. The van der Waals surface area contributed by atoms with Crippen molar-refractivity contribution in [1.29, 1.82) is 0 Å². The molecule has 7 heteroatoms. The SMILES string of the molecule is CN(CCCN1CCOCC1)C(=O)CCc1nnc(CCCc2ccccc2)o1. The molecule has 7 nitrogen and oxygen atoms in total. The minimum absolute atomic E-state index is 0.121. The molecule has 2 heterocycles. The van der Waals surface area contributed by atoms with Crippen molar-refractivity contribution in [2.45, 2.75) is 38.5 Å². The molecule has 0 unspecified atom stereocenters. The molecular weight excluding hydrogens is 368 g/mol. The van der Waals surface area contributed by atoms with Crippen LogP contribution in [0.5, 0.6) is 0 Å². The Bertz CT molecular complexity index is 729. The predicted octanol–water partition coefficient (Wildman–Crippen LogP) is 2.36. The van der Waals surface area contributed by atoms with Crippen molar-refractivity contribution in [3.63, 3.8) is 0 Å². The van der Waals surface area contributed by atoms with Crippen LogP contribution < -0.4 is 0 Å². The third kappa shape index (κ3) is 7.59. The number of hydrogen-bond acceptors (Lipinski definition) is 6. The Morgan fingerprint density at radius 2 is 1.76 bits per heavy atom. The Kier molecular flexibility index (Phi) is 8.64. The van der Waals surface area contributed by atoms with E-state index in [0.29, 0.717) is 24.6 Å². The Labute approximate surface area is 173 Å². The van der Waals surface area contributed by atoms with Crippen molar-refractivity contribution < 1.29 is 13.9 Å². The van der Waals surface area contributed by atoms with Gasteiger partial charge in [0.05, 0.1) is 13.2 Å². The minimum atomic E-state index is 0.121. The maximum absolute atomic E-state index is 12.3. The van der Waals surface area contributed by atoms with Gasteiger partial charge in [0, 0.05) is 52.5 Å². The van der Waals surface area contributed by atoms with Gasteiger partial charge in [0.2, 0.25) is 17.7 Å². The summed E-state index contributed by atoms with van der Waals surface area (Å²) in [5.41, 5.74) is 1.31. The fraction of sp³-hybridized carbons (Fsp3) is 0.591. The van der Waals surface area contributed by atoms with E-state index in [9.17, 15) is 4.79 Å². The highest BCUT2D eigenvalue weighted by molar-refractivity contribution is 5.75. The Balaban J connectivity index is 1.30. The van der Waals surface area contributed by atoms with Crippen LogP contribution in [0.1, 0.15) is 36.6 Å². The van der Waals surface area contributed by atoms with Gasteiger partial charge in [-0.05, 0) is 24.8 Å². The molecule has 1 aliphatic rings. The van der Waals surface area contributed by atoms with Gasteiger partial charge in [0.1, 0.15) is 0 Å². The van der Waals surface area contributed by atoms with E-state index < -0.39 is 0 Å². The molecule has 3 rings (SSSR count). The lowest BCUT2D eigenvalue weighted by molar-refractivity contribution is -0.130. The first kappa shape index (κ1) is 21.5. The van der Waals surface area contributed by atoms with Gasteiger partial charge >= 0.3 is 0 Å². The third-order valence-corrected chi connectivity index (χ3v) is 5.26. The second kappa shape index (κ2) is 11.7. The van der Waals surface area contributed by atoms with Crippen LogP contribution in [-0.2, 0) is 28.8 Å². The lowest BCUT2D eigenvalue weighted by atomic mass is 10.1. The zero-order valence-corrected chi connectivity index (χ0v) is 17.4. The molecule has 0 saturated carbocycles. The van der Waals surface area contributed by atoms with E-state index in [1.165, 1.54) is 5.56 Å². The summed E-state index contributed by atoms with van der Waals surface area (Å²) in [6.07, 6.45) is 4.60. The lowest BCUT2D eigenvalue weighted by Gasteiger charge is -2.27. The third-order valence-electron chi connectivity index (χ3n) is 5.26. The minimum Gasteiger partial charge on any atom is -0.425 e. The molecule has 1 aliphatic heterocycles. The number of nitrogens with zero attached hydrogens (tertiary/aromatic N) is 4. The van der Waals surface area contributed by atoms with E-state index in [2.05, 4.69) is 39.4 Å². The molecule has 0 radical (unpaired) electrons. The number of aryl methyl sites for hydroxylation is 3. The molecule has 1 aromatic heterocycles. The first-order valence-corrected chi connectivity index (χ1v) is 10.6. The number of carbonyl (C=O) groups is 1. The average Bonchev–Trinajstić information content (AvgIpc) is 3.21. The summed E-state index contributed by atoms with van der Waals surface area (Å²) < 4.78 is 11.1. The maximum atomic E-state index is 12.3. The first-order valence-electron chi connectivity index (χ1n) is 10.6. The smallest absolute Gasteiger partial charge is 0.222 e. The maximum Gasteiger partial charge on any atom is 0.222 e. The second-order valence-electron chi connectivity index (χ2n) is 7.55. The van der Waals surface area contributed by atoms with Crippen LogP contribution in [-0.4, -0.2) is 72.3 Å². The molecule has 1 aromatic carbocycles. The highest BCUT2D eigenvalue weighted by Gasteiger charge is 2.14. The van der Waals surface area contributed by atoms with Gasteiger partial charge in [-0.1, -0.05) is 30.3 Å². The topological polar surface area (TPSA) is 71.7 Å². The van der Waals surface area contributed by atoms with Crippen LogP contribution in [0.4, 0.5) is 0 Å². The molecule has 0 atom stereocenters. The number of benzene rings is 1. The van der Waals surface area contributed by atoms with E-state index in [4.69, 9.17) is 9.15 Å². The summed E-state index contributed by atoms with van der Waals surface area (Å²) >= 11 is 0. The van der Waals surface area contributed by atoms with E-state index in [1.54, 1.807) is 4.90 Å². The highest BCUT2D eigenvalue weighted by atomic mass is 16.5. The summed E-state index contributed by atoms with van der Waals surface area (Å²) in [7, 11) is 1.87. The highest BCUT2D eigenvalue weighted by Crippen LogP contribution is 2.09. The average molecular weight is 401 g/mol. The first-order chi connectivity index (χ1) is 14.2. The molecule has 1 fully saturated rings. The quantitative estimate of drug-likeness (QED) is 0.577. The number of ether oxygens (including phenoxy) is 1. The van der Waals surface area contributed by atoms with Crippen LogP contribution in [0.15, 0.2) is 34.7 Å². The van der Waals surface area contributed by atoms with Gasteiger partial charge in [-0.3, -0.25) is 9.69 Å². The van der Waals surface area contributed by atoms with E-state index in [1.807, 2.05) is 13.1 Å². The van der Waals surface area contributed by atoms with Crippen molar-refractivity contribution in [1.82, 2.24) is 20.0 Å². The van der Waals surface area contributed by atoms with Gasteiger partial charge in [-0.15, -0.1) is 10.2 Å². The van der Waals surface area contributed by atoms with Gasteiger partial charge in [-0.2, -0.15) is 0 Å². The zero-order valence-electron chi connectivity index (χ0n) is 17.4. The largest absolute Gasteiger partial charge is 0.425 e. The van der Waals surface area contributed by atoms with E-state index >= 15 is 0 Å². The van der Waals surface area contributed by atoms with Crippen molar-refractivity contribution >= 4 is 5.91 Å². The molecule has 1 saturated heterocycles. The summed E-state index contributed by atoms with van der Waals surface area (Å²) in [6.45, 7) is 5.38. The lowest BCUT2D eigenvalue weighted by Crippen LogP contribution is -2.38. The Morgan fingerprint density at radius 3 is 2.52 bits per heavy atom. The monoisotopic (exact) mass is 400 g/mol. The van der Waals surface area contributed by atoms with Crippen LogP contribution in [0.2, 0.25) is 0 Å². The number of amides is 1. The standard InChI is InChI=1S/C22H32N4O3/c1-25(13-6-14-26-15-17-28-18-16-26)22(27)12-11-21-24-23-20(29-21)10-5-9-19-7-3-2-4-8-19/h2-4,7-8H,5-6,9-18H2,1H3. The molecule has 0 aliphatic carbocycles.